The summed E-state index contributed by atoms with van der Waals surface area (Å²) in [5.74, 6) is -0.0907. The zero-order valence-electron chi connectivity index (χ0n) is 18.0. The SMILES string of the molecule is Cc1cnc2c(NC(=O)c3c(Cl)ccnc3Cl)cccc2c1N1CCN(CC(C)C)C1=O. The number of urea groups is 1. The quantitative estimate of drug-likeness (QED) is 0.505. The number of halogens is 2. The van der Waals surface area contributed by atoms with Crippen LogP contribution in [0.2, 0.25) is 10.2 Å². The predicted octanol–water partition coefficient (Wildman–Crippen LogP) is 5.40. The Morgan fingerprint density at radius 1 is 1.19 bits per heavy atom. The minimum Gasteiger partial charge on any atom is -0.322 e. The molecule has 0 spiro atoms. The summed E-state index contributed by atoms with van der Waals surface area (Å²) in [7, 11) is 0. The monoisotopic (exact) mass is 471 g/mol. The molecule has 3 heterocycles. The van der Waals surface area contributed by atoms with Gasteiger partial charge in [0, 0.05) is 37.4 Å². The van der Waals surface area contributed by atoms with Crippen LogP contribution in [0, 0.1) is 12.8 Å². The van der Waals surface area contributed by atoms with Gasteiger partial charge in [-0.2, -0.15) is 0 Å². The molecule has 1 aromatic carbocycles. The van der Waals surface area contributed by atoms with E-state index in [0.717, 1.165) is 16.6 Å². The van der Waals surface area contributed by atoms with Gasteiger partial charge in [-0.15, -0.1) is 0 Å². The van der Waals surface area contributed by atoms with Crippen LogP contribution >= 0.6 is 23.2 Å². The molecule has 32 heavy (non-hydrogen) atoms. The molecule has 0 saturated carbocycles. The molecule has 0 radical (unpaired) electrons. The highest BCUT2D eigenvalue weighted by molar-refractivity contribution is 6.39. The van der Waals surface area contributed by atoms with Gasteiger partial charge in [-0.05, 0) is 30.5 Å². The molecule has 2 aromatic heterocycles. The van der Waals surface area contributed by atoms with Crippen LogP contribution in [0.25, 0.3) is 10.9 Å². The van der Waals surface area contributed by atoms with Crippen molar-refractivity contribution in [3.05, 3.63) is 58.0 Å². The van der Waals surface area contributed by atoms with Crippen LogP contribution in [0.1, 0.15) is 29.8 Å². The largest absolute Gasteiger partial charge is 0.324 e. The van der Waals surface area contributed by atoms with Gasteiger partial charge in [0.05, 0.1) is 27.5 Å². The smallest absolute Gasteiger partial charge is 0.322 e. The number of carbonyl (C=O) groups excluding carboxylic acids is 2. The molecule has 4 rings (SSSR count). The van der Waals surface area contributed by atoms with E-state index in [-0.39, 0.29) is 21.8 Å². The lowest BCUT2D eigenvalue weighted by Gasteiger charge is -2.23. The van der Waals surface area contributed by atoms with Crippen molar-refractivity contribution in [2.75, 3.05) is 29.9 Å². The molecule has 0 unspecified atom stereocenters. The first-order chi connectivity index (χ1) is 15.3. The predicted molar refractivity (Wildman–Crippen MR) is 128 cm³/mol. The number of para-hydroxylation sites is 1. The Balaban J connectivity index is 1.73. The number of nitrogens with zero attached hydrogens (tertiary/aromatic N) is 4. The Bertz CT molecular complexity index is 1190. The van der Waals surface area contributed by atoms with Gasteiger partial charge in [-0.1, -0.05) is 49.2 Å². The number of benzene rings is 1. The summed E-state index contributed by atoms with van der Waals surface area (Å²) >= 11 is 12.2. The highest BCUT2D eigenvalue weighted by atomic mass is 35.5. The Labute approximate surface area is 196 Å². The van der Waals surface area contributed by atoms with E-state index in [2.05, 4.69) is 29.1 Å². The van der Waals surface area contributed by atoms with Crippen LogP contribution in [0.3, 0.4) is 0 Å². The van der Waals surface area contributed by atoms with Crippen LogP contribution in [0.15, 0.2) is 36.7 Å². The minimum absolute atomic E-state index is 0.0161. The van der Waals surface area contributed by atoms with Crippen LogP contribution in [0.4, 0.5) is 16.2 Å². The maximum atomic E-state index is 13.1. The zero-order valence-corrected chi connectivity index (χ0v) is 19.5. The second-order valence-electron chi connectivity index (χ2n) is 8.18. The number of amides is 3. The number of pyridine rings is 2. The Kier molecular flexibility index (Phi) is 6.22. The van der Waals surface area contributed by atoms with E-state index in [0.29, 0.717) is 36.8 Å². The third-order valence-electron chi connectivity index (χ3n) is 5.33. The topological polar surface area (TPSA) is 78.4 Å². The maximum Gasteiger partial charge on any atom is 0.324 e. The van der Waals surface area contributed by atoms with Crippen LogP contribution in [0.5, 0.6) is 0 Å². The molecular weight excluding hydrogens is 449 g/mol. The molecule has 166 valence electrons. The summed E-state index contributed by atoms with van der Waals surface area (Å²) in [6, 6.07) is 6.97. The second-order valence-corrected chi connectivity index (χ2v) is 8.94. The summed E-state index contributed by atoms with van der Waals surface area (Å²) in [5, 5.41) is 3.85. The number of anilines is 2. The minimum atomic E-state index is -0.482. The van der Waals surface area contributed by atoms with E-state index in [9.17, 15) is 9.59 Å². The van der Waals surface area contributed by atoms with Crippen molar-refractivity contribution in [3.8, 4) is 0 Å². The number of rotatable bonds is 5. The molecule has 3 amide bonds. The standard InChI is InChI=1S/C23H23Cl2N5O2/c1-13(2)12-29-9-10-30(23(29)32)20-14(3)11-27-19-15(20)5-4-6-17(19)28-22(31)18-16(24)7-8-26-21(18)25/h4-8,11,13H,9-10,12H2,1-3H3,(H,28,31). The van der Waals surface area contributed by atoms with Crippen LogP contribution in [-0.4, -0.2) is 46.4 Å². The van der Waals surface area contributed by atoms with E-state index in [1.54, 1.807) is 17.2 Å². The molecule has 0 bridgehead atoms. The van der Waals surface area contributed by atoms with Crippen molar-refractivity contribution in [1.82, 2.24) is 14.9 Å². The van der Waals surface area contributed by atoms with E-state index in [1.807, 2.05) is 24.0 Å². The van der Waals surface area contributed by atoms with E-state index in [4.69, 9.17) is 23.2 Å². The third kappa shape index (κ3) is 4.10. The zero-order chi connectivity index (χ0) is 23.0. The van der Waals surface area contributed by atoms with E-state index in [1.165, 1.54) is 12.3 Å². The first-order valence-electron chi connectivity index (χ1n) is 10.3. The van der Waals surface area contributed by atoms with Gasteiger partial charge in [0.1, 0.15) is 5.15 Å². The fourth-order valence-corrected chi connectivity index (χ4v) is 4.49. The number of aromatic nitrogens is 2. The first kappa shape index (κ1) is 22.3. The number of carbonyl (C=O) groups is 2. The van der Waals surface area contributed by atoms with E-state index < -0.39 is 5.91 Å². The Morgan fingerprint density at radius 2 is 1.97 bits per heavy atom. The molecule has 9 heteroatoms. The summed E-state index contributed by atoms with van der Waals surface area (Å²) in [6.07, 6.45) is 3.15. The molecule has 0 atom stereocenters. The van der Waals surface area contributed by atoms with Crippen molar-refractivity contribution in [2.45, 2.75) is 20.8 Å². The fraction of sp³-hybridized carbons (Fsp3) is 0.304. The highest BCUT2D eigenvalue weighted by Gasteiger charge is 2.32. The fourth-order valence-electron chi connectivity index (χ4n) is 3.97. The number of hydrogen-bond donors (Lipinski definition) is 1. The van der Waals surface area contributed by atoms with Crippen molar-refractivity contribution in [3.63, 3.8) is 0 Å². The third-order valence-corrected chi connectivity index (χ3v) is 5.93. The number of hydrogen-bond acceptors (Lipinski definition) is 4. The lowest BCUT2D eigenvalue weighted by molar-refractivity contribution is 0.102. The molecule has 1 fully saturated rings. The van der Waals surface area contributed by atoms with Gasteiger partial charge in [-0.25, -0.2) is 9.78 Å². The number of fused-ring (bicyclic) bond motifs is 1. The van der Waals surface area contributed by atoms with Crippen molar-refractivity contribution >= 4 is 57.4 Å². The molecule has 1 saturated heterocycles. The lowest BCUT2D eigenvalue weighted by atomic mass is 10.1. The maximum absolute atomic E-state index is 13.1. The first-order valence-corrected chi connectivity index (χ1v) is 11.1. The summed E-state index contributed by atoms with van der Waals surface area (Å²) < 4.78 is 0. The average Bonchev–Trinajstić information content (AvgIpc) is 3.07. The Morgan fingerprint density at radius 3 is 2.69 bits per heavy atom. The molecule has 1 aliphatic heterocycles. The molecule has 3 aromatic rings. The van der Waals surface area contributed by atoms with Gasteiger partial charge < -0.3 is 10.2 Å². The number of aryl methyl sites for hydroxylation is 1. The van der Waals surface area contributed by atoms with E-state index >= 15 is 0 Å². The number of nitrogens with one attached hydrogen (secondary N) is 1. The summed E-state index contributed by atoms with van der Waals surface area (Å²) in [5.41, 5.74) is 2.86. The molecular formula is C23H23Cl2N5O2. The van der Waals surface area contributed by atoms with Gasteiger partial charge in [0.25, 0.3) is 5.91 Å². The summed E-state index contributed by atoms with van der Waals surface area (Å²) in [4.78, 5) is 38.1. The normalized spacial score (nSPS) is 14.0. The van der Waals surface area contributed by atoms with Crippen molar-refractivity contribution in [1.29, 1.82) is 0 Å². The van der Waals surface area contributed by atoms with Gasteiger partial charge in [0.2, 0.25) is 0 Å². The summed E-state index contributed by atoms with van der Waals surface area (Å²) in [6.45, 7) is 8.11. The molecule has 1 aliphatic rings. The lowest BCUT2D eigenvalue weighted by Crippen LogP contribution is -2.34. The van der Waals surface area contributed by atoms with Crippen molar-refractivity contribution in [2.24, 2.45) is 5.92 Å². The molecule has 0 aliphatic carbocycles. The van der Waals surface area contributed by atoms with Crippen LogP contribution in [-0.2, 0) is 0 Å². The second kappa shape index (κ2) is 8.92. The van der Waals surface area contributed by atoms with Crippen LogP contribution < -0.4 is 10.2 Å². The molecule has 7 nitrogen and oxygen atoms in total. The van der Waals surface area contributed by atoms with Crippen molar-refractivity contribution < 1.29 is 9.59 Å². The van der Waals surface area contributed by atoms with Gasteiger partial charge in [0.15, 0.2) is 0 Å². The highest BCUT2D eigenvalue weighted by Crippen LogP contribution is 2.35. The average molecular weight is 472 g/mol. The Hall–Kier alpha value is -2.90. The molecule has 1 N–H and O–H groups in total. The van der Waals surface area contributed by atoms with Gasteiger partial charge in [-0.3, -0.25) is 14.7 Å². The van der Waals surface area contributed by atoms with Gasteiger partial charge >= 0.3 is 6.03 Å².